The number of nitrogens with one attached hydrogen (secondary N) is 1. The molecule has 0 fully saturated rings. The lowest BCUT2D eigenvalue weighted by Crippen LogP contribution is -2.16. The molecule has 0 saturated heterocycles. The Morgan fingerprint density at radius 3 is 2.89 bits per heavy atom. The summed E-state index contributed by atoms with van der Waals surface area (Å²) in [5, 5.41) is 1.18. The van der Waals surface area contributed by atoms with Gasteiger partial charge in [-0.15, -0.1) is 0 Å². The highest BCUT2D eigenvalue weighted by Gasteiger charge is 2.16. The second kappa shape index (κ2) is 5.20. The number of hydroxylamine groups is 1. The van der Waals surface area contributed by atoms with Gasteiger partial charge in [0.1, 0.15) is 11.3 Å². The van der Waals surface area contributed by atoms with Gasteiger partial charge in [-0.05, 0) is 12.1 Å². The molecule has 0 amide bonds. The van der Waals surface area contributed by atoms with Gasteiger partial charge in [0.25, 0.3) is 0 Å². The summed E-state index contributed by atoms with van der Waals surface area (Å²) < 4.78 is 5.15. The van der Waals surface area contributed by atoms with Crippen LogP contribution in [0.4, 0.5) is 0 Å². The largest absolute Gasteiger partial charge is 0.496 e. The van der Waals surface area contributed by atoms with Crippen LogP contribution in [-0.2, 0) is 4.84 Å². The number of pyridine rings is 1. The highest BCUT2D eigenvalue weighted by Crippen LogP contribution is 2.29. The normalized spacial score (nSPS) is 10.4. The second-order valence-corrected chi connectivity index (χ2v) is 3.86. The summed E-state index contributed by atoms with van der Waals surface area (Å²) in [5.41, 5.74) is 3.27. The van der Waals surface area contributed by atoms with Crippen molar-refractivity contribution >= 4 is 28.5 Å². The fourth-order valence-electron chi connectivity index (χ4n) is 1.62. The lowest BCUT2D eigenvalue weighted by Gasteiger charge is -2.09. The Morgan fingerprint density at radius 1 is 1.44 bits per heavy atom. The van der Waals surface area contributed by atoms with Crippen molar-refractivity contribution in [3.8, 4) is 5.75 Å². The van der Waals surface area contributed by atoms with Gasteiger partial charge in [0, 0.05) is 24.7 Å². The number of methoxy groups -OCH3 is 1. The summed E-state index contributed by atoms with van der Waals surface area (Å²) in [6, 6.07) is 4.90. The molecular weight excluding hydrogens is 256 g/mol. The summed E-state index contributed by atoms with van der Waals surface area (Å²) in [4.78, 5) is 20.6. The molecule has 1 N–H and O–H groups in total. The number of halogens is 1. The zero-order valence-electron chi connectivity index (χ0n) is 9.86. The zero-order valence-corrected chi connectivity index (χ0v) is 10.6. The molecule has 0 aliphatic heterocycles. The SMILES string of the molecule is CNOC(=O)c1cc2c(Cl)ccnc2cc1OC. The minimum Gasteiger partial charge on any atom is -0.496 e. The zero-order chi connectivity index (χ0) is 13.1. The number of benzene rings is 1. The highest BCUT2D eigenvalue weighted by atomic mass is 35.5. The molecule has 94 valence electrons. The number of aromatic nitrogens is 1. The van der Waals surface area contributed by atoms with E-state index in [0.29, 0.717) is 21.7 Å². The van der Waals surface area contributed by atoms with Gasteiger partial charge in [-0.2, -0.15) is 5.48 Å². The number of nitrogens with zero attached hydrogens (tertiary/aromatic N) is 1. The van der Waals surface area contributed by atoms with E-state index >= 15 is 0 Å². The molecule has 0 spiro atoms. The standard InChI is InChI=1S/C12H11ClN2O3/c1-14-18-12(16)8-5-7-9(13)3-4-15-10(7)6-11(8)17-2/h3-6,14H,1-2H3. The summed E-state index contributed by atoms with van der Waals surface area (Å²) in [6.07, 6.45) is 1.59. The van der Waals surface area contributed by atoms with Crippen molar-refractivity contribution in [2.24, 2.45) is 0 Å². The van der Waals surface area contributed by atoms with E-state index in [1.54, 1.807) is 24.4 Å². The van der Waals surface area contributed by atoms with Crippen LogP contribution >= 0.6 is 11.6 Å². The van der Waals surface area contributed by atoms with Crippen molar-refractivity contribution in [1.29, 1.82) is 0 Å². The van der Waals surface area contributed by atoms with Crippen LogP contribution in [0.1, 0.15) is 10.4 Å². The average molecular weight is 267 g/mol. The molecule has 0 radical (unpaired) electrons. The lowest BCUT2D eigenvalue weighted by atomic mass is 10.1. The summed E-state index contributed by atoms with van der Waals surface area (Å²) in [7, 11) is 2.97. The van der Waals surface area contributed by atoms with Crippen LogP contribution in [0.5, 0.6) is 5.75 Å². The van der Waals surface area contributed by atoms with Gasteiger partial charge in [0.2, 0.25) is 0 Å². The Labute approximate surface area is 109 Å². The van der Waals surface area contributed by atoms with Gasteiger partial charge < -0.3 is 9.57 Å². The van der Waals surface area contributed by atoms with Gasteiger partial charge in [0.15, 0.2) is 0 Å². The fraction of sp³-hybridized carbons (Fsp3) is 0.167. The molecular formula is C12H11ClN2O3. The molecule has 0 bridgehead atoms. The van der Waals surface area contributed by atoms with Crippen LogP contribution in [0.2, 0.25) is 5.02 Å². The number of fused-ring (bicyclic) bond motifs is 1. The first-order valence-corrected chi connectivity index (χ1v) is 5.55. The van der Waals surface area contributed by atoms with Crippen LogP contribution in [0.3, 0.4) is 0 Å². The van der Waals surface area contributed by atoms with E-state index in [9.17, 15) is 4.79 Å². The molecule has 0 atom stereocenters. The minimum absolute atomic E-state index is 0.286. The minimum atomic E-state index is -0.545. The first-order valence-electron chi connectivity index (χ1n) is 5.17. The van der Waals surface area contributed by atoms with Crippen LogP contribution in [-0.4, -0.2) is 25.1 Å². The number of carbonyl (C=O) groups is 1. The second-order valence-electron chi connectivity index (χ2n) is 3.46. The van der Waals surface area contributed by atoms with Gasteiger partial charge in [-0.3, -0.25) is 4.98 Å². The monoisotopic (exact) mass is 266 g/mol. The van der Waals surface area contributed by atoms with Crippen molar-refractivity contribution in [3.63, 3.8) is 0 Å². The third kappa shape index (κ3) is 2.23. The molecule has 1 aromatic heterocycles. The Hall–Kier alpha value is -1.85. The third-order valence-electron chi connectivity index (χ3n) is 2.42. The molecule has 1 aromatic carbocycles. The number of ether oxygens (including phenoxy) is 1. The number of hydrogen-bond acceptors (Lipinski definition) is 5. The van der Waals surface area contributed by atoms with Crippen LogP contribution in [0.25, 0.3) is 10.9 Å². The Balaban J connectivity index is 2.64. The molecule has 2 aromatic rings. The lowest BCUT2D eigenvalue weighted by molar-refractivity contribution is 0.0306. The van der Waals surface area contributed by atoms with Gasteiger partial charge in [-0.25, -0.2) is 4.79 Å². The number of hydrogen-bond donors (Lipinski definition) is 1. The summed E-state index contributed by atoms with van der Waals surface area (Å²) in [6.45, 7) is 0. The Morgan fingerprint density at radius 2 is 2.22 bits per heavy atom. The smallest absolute Gasteiger partial charge is 0.360 e. The maximum atomic E-state index is 11.8. The molecule has 6 heteroatoms. The van der Waals surface area contributed by atoms with Crippen LogP contribution < -0.4 is 10.2 Å². The average Bonchev–Trinajstić information content (AvgIpc) is 2.38. The van der Waals surface area contributed by atoms with Crippen molar-refractivity contribution in [2.75, 3.05) is 14.2 Å². The Bertz CT molecular complexity index is 601. The van der Waals surface area contributed by atoms with Crippen molar-refractivity contribution in [3.05, 3.63) is 35.0 Å². The van der Waals surface area contributed by atoms with Crippen molar-refractivity contribution < 1.29 is 14.4 Å². The van der Waals surface area contributed by atoms with E-state index in [4.69, 9.17) is 21.2 Å². The van der Waals surface area contributed by atoms with E-state index in [1.807, 2.05) is 0 Å². The number of rotatable bonds is 3. The maximum absolute atomic E-state index is 11.8. The van der Waals surface area contributed by atoms with Crippen molar-refractivity contribution in [1.82, 2.24) is 10.5 Å². The molecule has 0 aliphatic carbocycles. The third-order valence-corrected chi connectivity index (χ3v) is 2.75. The molecule has 0 unspecified atom stereocenters. The van der Waals surface area contributed by atoms with E-state index in [-0.39, 0.29) is 5.56 Å². The molecule has 1 heterocycles. The number of carbonyl (C=O) groups excluding carboxylic acids is 1. The van der Waals surface area contributed by atoms with Gasteiger partial charge in [0.05, 0.1) is 17.6 Å². The summed E-state index contributed by atoms with van der Waals surface area (Å²) in [5.74, 6) is -0.159. The van der Waals surface area contributed by atoms with E-state index in [0.717, 1.165) is 0 Å². The molecule has 2 rings (SSSR count). The predicted octanol–water partition coefficient (Wildman–Crippen LogP) is 2.19. The first-order chi connectivity index (χ1) is 8.67. The highest BCUT2D eigenvalue weighted by molar-refractivity contribution is 6.35. The molecule has 18 heavy (non-hydrogen) atoms. The van der Waals surface area contributed by atoms with Crippen molar-refractivity contribution in [2.45, 2.75) is 0 Å². The fourth-order valence-corrected chi connectivity index (χ4v) is 1.82. The first kappa shape index (κ1) is 12.6. The predicted molar refractivity (Wildman–Crippen MR) is 67.8 cm³/mol. The summed E-state index contributed by atoms with van der Waals surface area (Å²) >= 11 is 6.06. The molecule has 0 saturated carbocycles. The maximum Gasteiger partial charge on any atom is 0.360 e. The van der Waals surface area contributed by atoms with Crippen LogP contribution in [0.15, 0.2) is 24.4 Å². The van der Waals surface area contributed by atoms with E-state index in [1.165, 1.54) is 14.2 Å². The molecule has 0 aliphatic rings. The van der Waals surface area contributed by atoms with Crippen LogP contribution in [0, 0.1) is 0 Å². The topological polar surface area (TPSA) is 60.5 Å². The quantitative estimate of drug-likeness (QED) is 0.863. The van der Waals surface area contributed by atoms with E-state index < -0.39 is 5.97 Å². The van der Waals surface area contributed by atoms with Gasteiger partial charge in [-0.1, -0.05) is 11.6 Å². The Kier molecular flexibility index (Phi) is 3.64. The van der Waals surface area contributed by atoms with Gasteiger partial charge >= 0.3 is 5.97 Å². The molecule has 5 nitrogen and oxygen atoms in total. The van der Waals surface area contributed by atoms with E-state index in [2.05, 4.69) is 10.5 Å².